The molecule has 0 spiro atoms. The van der Waals surface area contributed by atoms with E-state index in [4.69, 9.17) is 0 Å². The fourth-order valence-electron chi connectivity index (χ4n) is 0.753. The van der Waals surface area contributed by atoms with Crippen molar-refractivity contribution in [2.45, 2.75) is 27.2 Å². The van der Waals surface area contributed by atoms with Crippen LogP contribution < -0.4 is 0 Å². The maximum absolute atomic E-state index is 10.3. The van der Waals surface area contributed by atoms with Crippen LogP contribution in [0.25, 0.3) is 0 Å². The van der Waals surface area contributed by atoms with Crippen LogP contribution in [0.1, 0.15) is 27.2 Å². The average molecular weight is 183 g/mol. The second-order valence-corrected chi connectivity index (χ2v) is 1.93. The quantitative estimate of drug-likeness (QED) is 0.381. The molecule has 0 aliphatic rings. The van der Waals surface area contributed by atoms with E-state index in [2.05, 4.69) is 13.2 Å². The minimum Gasteiger partial charge on any atom is -0.258 e. The van der Waals surface area contributed by atoms with Gasteiger partial charge in [-0.05, 0) is 6.42 Å². The van der Waals surface area contributed by atoms with Crippen molar-refractivity contribution < 1.29 is 4.92 Å². The maximum atomic E-state index is 10.3. The van der Waals surface area contributed by atoms with Gasteiger partial charge in [0, 0.05) is 11.6 Å². The molecule has 0 aromatic carbocycles. The molecule has 0 atom stereocenters. The first-order valence-corrected chi connectivity index (χ1v) is 4.29. The zero-order valence-corrected chi connectivity index (χ0v) is 8.54. The van der Waals surface area contributed by atoms with Crippen LogP contribution in [-0.4, -0.2) is 4.92 Å². The molecule has 0 rings (SSSR count). The second kappa shape index (κ2) is 8.71. The Bertz CT molecular complexity index is 217. The molecule has 13 heavy (non-hydrogen) atoms. The van der Waals surface area contributed by atoms with Gasteiger partial charge in [-0.15, -0.1) is 0 Å². The minimum absolute atomic E-state index is 0.0440. The van der Waals surface area contributed by atoms with Gasteiger partial charge in [-0.25, -0.2) is 0 Å². The first-order chi connectivity index (χ1) is 6.17. The number of nitro groups is 1. The van der Waals surface area contributed by atoms with Crippen LogP contribution >= 0.6 is 0 Å². The molecule has 0 aromatic rings. The lowest BCUT2D eigenvalue weighted by Gasteiger charge is -1.96. The fourth-order valence-corrected chi connectivity index (χ4v) is 0.753. The van der Waals surface area contributed by atoms with Crippen molar-refractivity contribution in [2.24, 2.45) is 0 Å². The summed E-state index contributed by atoms with van der Waals surface area (Å²) in [5.41, 5.74) is 0.660. The second-order valence-electron chi connectivity index (χ2n) is 1.93. The summed E-state index contributed by atoms with van der Waals surface area (Å²) >= 11 is 0. The van der Waals surface area contributed by atoms with E-state index in [0.29, 0.717) is 12.0 Å². The predicted octanol–water partition coefficient (Wildman–Crippen LogP) is 3.33. The minimum atomic E-state index is -0.451. The van der Waals surface area contributed by atoms with Gasteiger partial charge in [-0.2, -0.15) is 0 Å². The summed E-state index contributed by atoms with van der Waals surface area (Å²) < 4.78 is 0. The van der Waals surface area contributed by atoms with Gasteiger partial charge in [0.05, 0.1) is 4.92 Å². The Balaban J connectivity index is 0. The fraction of sp³-hybridized carbons (Fsp3) is 0.400. The van der Waals surface area contributed by atoms with Crippen molar-refractivity contribution >= 4 is 0 Å². The van der Waals surface area contributed by atoms with Gasteiger partial charge in [0.1, 0.15) is 0 Å². The zero-order valence-electron chi connectivity index (χ0n) is 8.54. The monoisotopic (exact) mass is 183 g/mol. The summed E-state index contributed by atoms with van der Waals surface area (Å²) in [4.78, 5) is 9.87. The SMILES string of the molecule is C=C/C(CC)=C(\C=C)[N+](=O)[O-].CC. The Morgan fingerprint density at radius 1 is 1.38 bits per heavy atom. The maximum Gasteiger partial charge on any atom is 0.271 e. The van der Waals surface area contributed by atoms with E-state index in [1.54, 1.807) is 0 Å². The van der Waals surface area contributed by atoms with E-state index in [1.807, 2.05) is 20.8 Å². The lowest BCUT2D eigenvalue weighted by Crippen LogP contribution is -1.98. The molecule has 0 aliphatic heterocycles. The smallest absolute Gasteiger partial charge is 0.258 e. The summed E-state index contributed by atoms with van der Waals surface area (Å²) in [5, 5.41) is 10.3. The highest BCUT2D eigenvalue weighted by Gasteiger charge is 2.09. The Kier molecular flexibility index (Phi) is 9.49. The molecule has 0 aromatic heterocycles. The van der Waals surface area contributed by atoms with Crippen LogP contribution in [0, 0.1) is 10.1 Å². The standard InChI is InChI=1S/C8H11NO2.C2H6/c1-4-7(5-2)8(6-3)9(10)11;1-2/h4,6H,1,3,5H2,2H3;1-2H3/b8-7-;. The Morgan fingerprint density at radius 3 is 1.92 bits per heavy atom. The van der Waals surface area contributed by atoms with Crippen molar-refractivity contribution in [1.29, 1.82) is 0 Å². The summed E-state index contributed by atoms with van der Waals surface area (Å²) in [6.07, 6.45) is 3.33. The van der Waals surface area contributed by atoms with Gasteiger partial charge in [-0.3, -0.25) is 10.1 Å². The molecule has 0 radical (unpaired) electrons. The first kappa shape index (κ1) is 14.2. The van der Waals surface area contributed by atoms with Gasteiger partial charge in [-0.1, -0.05) is 40.0 Å². The molecule has 0 aliphatic carbocycles. The van der Waals surface area contributed by atoms with Crippen LogP contribution in [0.15, 0.2) is 36.6 Å². The molecule has 0 amide bonds. The molecule has 0 saturated carbocycles. The highest BCUT2D eigenvalue weighted by atomic mass is 16.6. The third-order valence-electron chi connectivity index (χ3n) is 1.35. The van der Waals surface area contributed by atoms with Crippen LogP contribution in [0.2, 0.25) is 0 Å². The number of hydrogen-bond donors (Lipinski definition) is 0. The van der Waals surface area contributed by atoms with Gasteiger partial charge in [0.25, 0.3) is 5.70 Å². The number of rotatable bonds is 4. The normalized spacial score (nSPS) is 10.4. The molecule has 0 saturated heterocycles. The lowest BCUT2D eigenvalue weighted by molar-refractivity contribution is -0.420. The highest BCUT2D eigenvalue weighted by molar-refractivity contribution is 5.25. The van der Waals surface area contributed by atoms with E-state index in [9.17, 15) is 10.1 Å². The topological polar surface area (TPSA) is 43.1 Å². The largest absolute Gasteiger partial charge is 0.271 e. The van der Waals surface area contributed by atoms with Crippen LogP contribution in [0.4, 0.5) is 0 Å². The molecule has 74 valence electrons. The van der Waals surface area contributed by atoms with E-state index in [0.717, 1.165) is 0 Å². The van der Waals surface area contributed by atoms with Crippen molar-refractivity contribution in [3.63, 3.8) is 0 Å². The summed E-state index contributed by atoms with van der Waals surface area (Å²) in [7, 11) is 0. The summed E-state index contributed by atoms with van der Waals surface area (Å²) in [5.74, 6) is 0. The Morgan fingerprint density at radius 2 is 1.85 bits per heavy atom. The molecule has 0 bridgehead atoms. The Hall–Kier alpha value is -1.38. The third-order valence-corrected chi connectivity index (χ3v) is 1.35. The molecule has 0 unspecified atom stereocenters. The first-order valence-electron chi connectivity index (χ1n) is 4.29. The zero-order chi connectivity index (χ0) is 10.9. The van der Waals surface area contributed by atoms with Crippen molar-refractivity contribution in [2.75, 3.05) is 0 Å². The Labute approximate surface area is 79.6 Å². The van der Waals surface area contributed by atoms with E-state index >= 15 is 0 Å². The summed E-state index contributed by atoms with van der Waals surface area (Å²) in [6, 6.07) is 0. The molecule has 0 fully saturated rings. The average Bonchev–Trinajstić information content (AvgIpc) is 2.16. The van der Waals surface area contributed by atoms with Crippen LogP contribution in [-0.2, 0) is 0 Å². The van der Waals surface area contributed by atoms with Crippen molar-refractivity contribution in [1.82, 2.24) is 0 Å². The molecular formula is C10H17NO2. The molecular weight excluding hydrogens is 166 g/mol. The predicted molar refractivity (Wildman–Crippen MR) is 56.1 cm³/mol. The van der Waals surface area contributed by atoms with Crippen molar-refractivity contribution in [3.8, 4) is 0 Å². The van der Waals surface area contributed by atoms with Crippen LogP contribution in [0.3, 0.4) is 0 Å². The van der Waals surface area contributed by atoms with Gasteiger partial charge < -0.3 is 0 Å². The number of nitrogens with zero attached hydrogens (tertiary/aromatic N) is 1. The van der Waals surface area contributed by atoms with Crippen molar-refractivity contribution in [3.05, 3.63) is 46.7 Å². The molecule has 3 heteroatoms. The van der Waals surface area contributed by atoms with Gasteiger partial charge >= 0.3 is 0 Å². The summed E-state index contributed by atoms with van der Waals surface area (Å²) in [6.45, 7) is 12.7. The molecule has 0 N–H and O–H groups in total. The molecule has 3 nitrogen and oxygen atoms in total. The van der Waals surface area contributed by atoms with Gasteiger partial charge in [0.15, 0.2) is 0 Å². The van der Waals surface area contributed by atoms with E-state index in [-0.39, 0.29) is 5.70 Å². The molecule has 0 heterocycles. The van der Waals surface area contributed by atoms with Crippen LogP contribution in [0.5, 0.6) is 0 Å². The lowest BCUT2D eigenvalue weighted by atomic mass is 10.1. The van der Waals surface area contributed by atoms with E-state index in [1.165, 1.54) is 12.2 Å². The van der Waals surface area contributed by atoms with E-state index < -0.39 is 4.92 Å². The number of hydrogen-bond acceptors (Lipinski definition) is 2. The third kappa shape index (κ3) is 4.95. The highest BCUT2D eigenvalue weighted by Crippen LogP contribution is 2.10. The number of allylic oxidation sites excluding steroid dienone is 3. The van der Waals surface area contributed by atoms with Gasteiger partial charge in [0.2, 0.25) is 0 Å².